The number of hydrogen-bond acceptors (Lipinski definition) is 5. The van der Waals surface area contributed by atoms with Crippen molar-refractivity contribution in [3.05, 3.63) is 31.0 Å². The van der Waals surface area contributed by atoms with Crippen molar-refractivity contribution in [3.63, 3.8) is 0 Å². The average Bonchev–Trinajstić information content (AvgIpc) is 3.02. The van der Waals surface area contributed by atoms with Gasteiger partial charge in [-0.05, 0) is 38.8 Å². The van der Waals surface area contributed by atoms with Gasteiger partial charge in [0.15, 0.2) is 5.82 Å². The predicted molar refractivity (Wildman–Crippen MR) is 82.5 cm³/mol. The van der Waals surface area contributed by atoms with Gasteiger partial charge in [-0.15, -0.1) is 0 Å². The van der Waals surface area contributed by atoms with E-state index in [1.165, 1.54) is 6.33 Å². The molecule has 112 valence electrons. The highest BCUT2D eigenvalue weighted by Crippen LogP contribution is 2.21. The van der Waals surface area contributed by atoms with Crippen LogP contribution in [-0.2, 0) is 0 Å². The van der Waals surface area contributed by atoms with Crippen molar-refractivity contribution >= 4 is 5.69 Å². The monoisotopic (exact) mass is 286 g/mol. The van der Waals surface area contributed by atoms with E-state index in [0.29, 0.717) is 12.1 Å². The molecule has 0 aromatic carbocycles. The molecule has 3 rings (SSSR count). The van der Waals surface area contributed by atoms with Crippen molar-refractivity contribution < 1.29 is 0 Å². The molecule has 6 nitrogen and oxygen atoms in total. The number of piperidine rings is 1. The molecular formula is C15H22N6. The Morgan fingerprint density at radius 2 is 2.10 bits per heavy atom. The minimum atomic E-state index is 0.492. The molecule has 0 spiro atoms. The molecule has 0 amide bonds. The van der Waals surface area contributed by atoms with Gasteiger partial charge in [0.1, 0.15) is 12.7 Å². The molecule has 21 heavy (non-hydrogen) atoms. The molecule has 0 aliphatic carbocycles. The molecule has 6 heteroatoms. The molecule has 0 bridgehead atoms. The normalized spacial score (nSPS) is 17.3. The topological polar surface area (TPSA) is 58.9 Å². The molecule has 1 saturated heterocycles. The van der Waals surface area contributed by atoms with Crippen molar-refractivity contribution in [2.45, 2.75) is 38.8 Å². The Bertz CT molecular complexity index is 557. The van der Waals surface area contributed by atoms with E-state index in [2.05, 4.69) is 45.2 Å². The van der Waals surface area contributed by atoms with Gasteiger partial charge in [0.2, 0.25) is 0 Å². The van der Waals surface area contributed by atoms with E-state index in [1.54, 1.807) is 17.2 Å². The summed E-state index contributed by atoms with van der Waals surface area (Å²) in [5.74, 6) is 0.807. The van der Waals surface area contributed by atoms with Gasteiger partial charge in [0, 0.05) is 31.4 Å². The van der Waals surface area contributed by atoms with Crippen LogP contribution in [0.4, 0.5) is 5.69 Å². The number of hydrogen-bond donors (Lipinski definition) is 1. The van der Waals surface area contributed by atoms with Crippen LogP contribution in [0, 0.1) is 0 Å². The highest BCUT2D eigenvalue weighted by molar-refractivity contribution is 5.56. The van der Waals surface area contributed by atoms with Gasteiger partial charge in [0.05, 0.1) is 5.69 Å². The lowest BCUT2D eigenvalue weighted by Crippen LogP contribution is -2.42. The van der Waals surface area contributed by atoms with E-state index in [-0.39, 0.29) is 0 Å². The zero-order valence-corrected chi connectivity index (χ0v) is 12.6. The summed E-state index contributed by atoms with van der Waals surface area (Å²) in [7, 11) is 0. The van der Waals surface area contributed by atoms with Gasteiger partial charge in [-0.2, -0.15) is 5.10 Å². The van der Waals surface area contributed by atoms with Crippen LogP contribution in [0.5, 0.6) is 0 Å². The van der Waals surface area contributed by atoms with Crippen molar-refractivity contribution in [3.8, 4) is 5.82 Å². The van der Waals surface area contributed by atoms with Gasteiger partial charge in [-0.3, -0.25) is 0 Å². The minimum Gasteiger partial charge on any atom is -0.379 e. The quantitative estimate of drug-likeness (QED) is 0.931. The van der Waals surface area contributed by atoms with Crippen LogP contribution in [0.15, 0.2) is 31.0 Å². The molecule has 0 radical (unpaired) electrons. The third-order valence-corrected chi connectivity index (χ3v) is 4.04. The highest BCUT2D eigenvalue weighted by atomic mass is 15.3. The van der Waals surface area contributed by atoms with Crippen molar-refractivity contribution in [1.82, 2.24) is 24.6 Å². The van der Waals surface area contributed by atoms with Gasteiger partial charge in [0.25, 0.3) is 0 Å². The van der Waals surface area contributed by atoms with Crippen LogP contribution in [0.1, 0.15) is 26.7 Å². The van der Waals surface area contributed by atoms with Crippen LogP contribution in [0.25, 0.3) is 5.82 Å². The molecule has 2 aromatic heterocycles. The molecule has 0 atom stereocenters. The molecule has 1 N–H and O–H groups in total. The third kappa shape index (κ3) is 3.21. The molecule has 1 aliphatic heterocycles. The second-order valence-corrected chi connectivity index (χ2v) is 5.76. The summed E-state index contributed by atoms with van der Waals surface area (Å²) in [4.78, 5) is 10.9. The second-order valence-electron chi connectivity index (χ2n) is 5.76. The second kappa shape index (κ2) is 6.22. The smallest absolute Gasteiger partial charge is 0.178 e. The van der Waals surface area contributed by atoms with Gasteiger partial charge in [-0.25, -0.2) is 14.6 Å². The Morgan fingerprint density at radius 3 is 2.76 bits per heavy atom. The summed E-state index contributed by atoms with van der Waals surface area (Å²) < 4.78 is 1.70. The Kier molecular flexibility index (Phi) is 4.15. The molecule has 2 aromatic rings. The fraction of sp³-hybridized carbons (Fsp3) is 0.533. The Morgan fingerprint density at radius 1 is 1.29 bits per heavy atom. The number of aromatic nitrogens is 4. The zero-order valence-electron chi connectivity index (χ0n) is 12.6. The number of pyridine rings is 1. The molecule has 3 heterocycles. The van der Waals surface area contributed by atoms with Crippen LogP contribution in [-0.4, -0.2) is 49.8 Å². The number of nitrogens with zero attached hydrogens (tertiary/aromatic N) is 5. The maximum Gasteiger partial charge on any atom is 0.178 e. The first kappa shape index (κ1) is 14.0. The number of anilines is 1. The van der Waals surface area contributed by atoms with E-state index in [9.17, 15) is 0 Å². The lowest BCUT2D eigenvalue weighted by atomic mass is 10.0. The summed E-state index contributed by atoms with van der Waals surface area (Å²) in [6.07, 6.45) is 7.30. The Hall–Kier alpha value is -1.95. The molecule has 0 unspecified atom stereocenters. The maximum absolute atomic E-state index is 4.42. The molecular weight excluding hydrogens is 264 g/mol. The van der Waals surface area contributed by atoms with Crippen LogP contribution >= 0.6 is 0 Å². The average molecular weight is 286 g/mol. The SMILES string of the molecule is CC(C)N1CCC(Nc2cccnc2-n2cncn2)CC1. The zero-order chi connectivity index (χ0) is 14.7. The van der Waals surface area contributed by atoms with E-state index < -0.39 is 0 Å². The number of nitrogens with one attached hydrogen (secondary N) is 1. The Balaban J connectivity index is 1.69. The van der Waals surface area contributed by atoms with E-state index >= 15 is 0 Å². The van der Waals surface area contributed by atoms with Crippen molar-refractivity contribution in [1.29, 1.82) is 0 Å². The van der Waals surface area contributed by atoms with Crippen molar-refractivity contribution in [2.24, 2.45) is 0 Å². The van der Waals surface area contributed by atoms with Gasteiger partial charge in [-0.1, -0.05) is 0 Å². The number of rotatable bonds is 4. The van der Waals surface area contributed by atoms with Crippen LogP contribution in [0.3, 0.4) is 0 Å². The standard InChI is InChI=1S/C15H22N6/c1-12(2)20-8-5-13(6-9-20)19-14-4-3-7-17-15(14)21-11-16-10-18-21/h3-4,7,10-13,19H,5-6,8-9H2,1-2H3. The maximum atomic E-state index is 4.42. The lowest BCUT2D eigenvalue weighted by molar-refractivity contribution is 0.177. The van der Waals surface area contributed by atoms with E-state index in [0.717, 1.165) is 37.4 Å². The first-order valence-corrected chi connectivity index (χ1v) is 7.54. The predicted octanol–water partition coefficient (Wildman–Crippen LogP) is 1.95. The summed E-state index contributed by atoms with van der Waals surface area (Å²) in [5, 5.41) is 7.79. The van der Waals surface area contributed by atoms with Crippen molar-refractivity contribution in [2.75, 3.05) is 18.4 Å². The highest BCUT2D eigenvalue weighted by Gasteiger charge is 2.21. The third-order valence-electron chi connectivity index (χ3n) is 4.04. The lowest BCUT2D eigenvalue weighted by Gasteiger charge is -2.35. The first-order valence-electron chi connectivity index (χ1n) is 7.54. The van der Waals surface area contributed by atoms with E-state index in [4.69, 9.17) is 0 Å². The summed E-state index contributed by atoms with van der Waals surface area (Å²) in [5.41, 5.74) is 1.02. The summed E-state index contributed by atoms with van der Waals surface area (Å²) in [6, 6.07) is 5.13. The minimum absolute atomic E-state index is 0.492. The van der Waals surface area contributed by atoms with Crippen LogP contribution < -0.4 is 5.32 Å². The Labute approximate surface area is 125 Å². The summed E-state index contributed by atoms with van der Waals surface area (Å²) >= 11 is 0. The summed E-state index contributed by atoms with van der Waals surface area (Å²) in [6.45, 7) is 6.82. The molecule has 1 aliphatic rings. The first-order chi connectivity index (χ1) is 10.2. The molecule has 1 fully saturated rings. The fourth-order valence-electron chi connectivity index (χ4n) is 2.79. The molecule has 0 saturated carbocycles. The fourth-order valence-corrected chi connectivity index (χ4v) is 2.79. The van der Waals surface area contributed by atoms with Gasteiger partial charge < -0.3 is 10.2 Å². The van der Waals surface area contributed by atoms with E-state index in [1.807, 2.05) is 6.07 Å². The largest absolute Gasteiger partial charge is 0.379 e. The van der Waals surface area contributed by atoms with Crippen LogP contribution in [0.2, 0.25) is 0 Å². The van der Waals surface area contributed by atoms with Gasteiger partial charge >= 0.3 is 0 Å². The number of likely N-dealkylation sites (tertiary alicyclic amines) is 1.